The minimum atomic E-state index is -0.701. The maximum atomic E-state index is 12.9. The highest BCUT2D eigenvalue weighted by molar-refractivity contribution is 6.42. The molecule has 29 heavy (non-hydrogen) atoms. The summed E-state index contributed by atoms with van der Waals surface area (Å²) in [5, 5.41) is 4.21. The summed E-state index contributed by atoms with van der Waals surface area (Å²) in [5.41, 5.74) is 0.753. The summed E-state index contributed by atoms with van der Waals surface area (Å²) in [6, 6.07) is 11.1. The van der Waals surface area contributed by atoms with E-state index in [1.165, 1.54) is 4.90 Å². The van der Waals surface area contributed by atoms with Gasteiger partial charge in [-0.25, -0.2) is 0 Å². The smallest absolute Gasteiger partial charge is 0.261 e. The number of rotatable bonds is 8. The number of amides is 2. The standard InChI is InChI=1S/C21H23Cl3N2O3/c1-13(2)25-21(28)14(3)26(11-15-4-9-18(23)19(24)10-15)20(27)12-29-17-7-5-16(22)6-8-17/h4-10,13-14H,11-12H2,1-3H3,(H,25,28)/t14-/m1/s1. The number of ether oxygens (including phenoxy) is 1. The van der Waals surface area contributed by atoms with Crippen molar-refractivity contribution in [2.45, 2.75) is 39.4 Å². The SMILES string of the molecule is CC(C)NC(=O)[C@@H](C)N(Cc1ccc(Cl)c(Cl)c1)C(=O)COc1ccc(Cl)cc1. The summed E-state index contributed by atoms with van der Waals surface area (Å²) in [6.07, 6.45) is 0. The van der Waals surface area contributed by atoms with Crippen LogP contribution in [0.25, 0.3) is 0 Å². The molecule has 0 heterocycles. The number of carbonyl (C=O) groups is 2. The number of nitrogens with zero attached hydrogens (tertiary/aromatic N) is 1. The Morgan fingerprint density at radius 2 is 1.66 bits per heavy atom. The van der Waals surface area contributed by atoms with Crippen LogP contribution in [0.15, 0.2) is 42.5 Å². The van der Waals surface area contributed by atoms with Crippen LogP contribution in [0.3, 0.4) is 0 Å². The Morgan fingerprint density at radius 1 is 1.00 bits per heavy atom. The van der Waals surface area contributed by atoms with Gasteiger partial charge >= 0.3 is 0 Å². The van der Waals surface area contributed by atoms with Crippen molar-refractivity contribution in [3.63, 3.8) is 0 Å². The van der Waals surface area contributed by atoms with E-state index in [4.69, 9.17) is 39.5 Å². The summed E-state index contributed by atoms with van der Waals surface area (Å²) < 4.78 is 5.57. The van der Waals surface area contributed by atoms with Crippen LogP contribution in [0.1, 0.15) is 26.3 Å². The summed E-state index contributed by atoms with van der Waals surface area (Å²) >= 11 is 17.9. The second-order valence-electron chi connectivity index (χ2n) is 6.85. The first-order chi connectivity index (χ1) is 13.7. The molecule has 2 rings (SSSR count). The molecule has 0 radical (unpaired) electrons. The third-order valence-electron chi connectivity index (χ3n) is 4.11. The fourth-order valence-electron chi connectivity index (χ4n) is 2.58. The highest BCUT2D eigenvalue weighted by atomic mass is 35.5. The third kappa shape index (κ3) is 7.11. The van der Waals surface area contributed by atoms with Crippen molar-refractivity contribution in [3.05, 3.63) is 63.1 Å². The molecule has 0 aromatic heterocycles. The third-order valence-corrected chi connectivity index (χ3v) is 5.10. The van der Waals surface area contributed by atoms with E-state index in [0.717, 1.165) is 5.56 Å². The molecule has 1 atom stereocenters. The highest BCUT2D eigenvalue weighted by Gasteiger charge is 2.27. The minimum Gasteiger partial charge on any atom is -0.484 e. The Labute approximate surface area is 185 Å². The van der Waals surface area contributed by atoms with Gasteiger partial charge in [-0.15, -0.1) is 0 Å². The molecule has 8 heteroatoms. The van der Waals surface area contributed by atoms with Crippen LogP contribution in [0.4, 0.5) is 0 Å². The van der Waals surface area contributed by atoms with E-state index < -0.39 is 6.04 Å². The molecule has 156 valence electrons. The lowest BCUT2D eigenvalue weighted by molar-refractivity contribution is -0.142. The van der Waals surface area contributed by atoms with Crippen molar-refractivity contribution < 1.29 is 14.3 Å². The molecule has 0 aliphatic carbocycles. The molecule has 0 saturated carbocycles. The largest absolute Gasteiger partial charge is 0.484 e. The second kappa shape index (κ2) is 10.7. The van der Waals surface area contributed by atoms with E-state index in [2.05, 4.69) is 5.32 Å². The van der Waals surface area contributed by atoms with Crippen LogP contribution in [-0.2, 0) is 16.1 Å². The lowest BCUT2D eigenvalue weighted by atomic mass is 10.1. The number of carbonyl (C=O) groups excluding carboxylic acids is 2. The van der Waals surface area contributed by atoms with Crippen LogP contribution in [0.2, 0.25) is 15.1 Å². The number of nitrogens with one attached hydrogen (secondary N) is 1. The fraction of sp³-hybridized carbons (Fsp3) is 0.333. The van der Waals surface area contributed by atoms with E-state index in [1.54, 1.807) is 49.4 Å². The molecule has 0 fully saturated rings. The Bertz CT molecular complexity index is 857. The molecule has 0 bridgehead atoms. The van der Waals surface area contributed by atoms with Crippen molar-refractivity contribution in [1.82, 2.24) is 10.2 Å². The van der Waals surface area contributed by atoms with Crippen LogP contribution in [0, 0.1) is 0 Å². The summed E-state index contributed by atoms with van der Waals surface area (Å²) in [7, 11) is 0. The van der Waals surface area contributed by atoms with Gasteiger partial charge in [0.25, 0.3) is 5.91 Å². The molecule has 0 unspecified atom stereocenters. The van der Waals surface area contributed by atoms with Gasteiger partial charge in [0, 0.05) is 17.6 Å². The monoisotopic (exact) mass is 456 g/mol. The van der Waals surface area contributed by atoms with Crippen LogP contribution >= 0.6 is 34.8 Å². The lowest BCUT2D eigenvalue weighted by Crippen LogP contribution is -2.50. The number of benzene rings is 2. The maximum absolute atomic E-state index is 12.9. The normalized spacial score (nSPS) is 11.8. The summed E-state index contributed by atoms with van der Waals surface area (Å²) in [6.45, 7) is 5.36. The van der Waals surface area contributed by atoms with E-state index in [0.29, 0.717) is 20.8 Å². The van der Waals surface area contributed by atoms with Crippen LogP contribution in [0.5, 0.6) is 5.75 Å². The number of halogens is 3. The van der Waals surface area contributed by atoms with Gasteiger partial charge in [0.2, 0.25) is 5.91 Å². The first-order valence-electron chi connectivity index (χ1n) is 9.09. The van der Waals surface area contributed by atoms with Crippen molar-refractivity contribution in [1.29, 1.82) is 0 Å². The zero-order chi connectivity index (χ0) is 21.6. The van der Waals surface area contributed by atoms with Gasteiger partial charge in [0.05, 0.1) is 10.0 Å². The Kier molecular flexibility index (Phi) is 8.62. The molecular formula is C21H23Cl3N2O3. The Morgan fingerprint density at radius 3 is 2.24 bits per heavy atom. The van der Waals surface area contributed by atoms with E-state index >= 15 is 0 Å². The van der Waals surface area contributed by atoms with Gasteiger partial charge in [-0.2, -0.15) is 0 Å². The van der Waals surface area contributed by atoms with Crippen molar-refractivity contribution in [2.75, 3.05) is 6.61 Å². The van der Waals surface area contributed by atoms with E-state index in [9.17, 15) is 9.59 Å². The highest BCUT2D eigenvalue weighted by Crippen LogP contribution is 2.24. The van der Waals surface area contributed by atoms with Crippen LogP contribution in [-0.4, -0.2) is 35.4 Å². The van der Waals surface area contributed by atoms with Gasteiger partial charge < -0.3 is 15.0 Å². The van der Waals surface area contributed by atoms with Crippen molar-refractivity contribution in [3.8, 4) is 5.75 Å². The Balaban J connectivity index is 2.17. The zero-order valence-corrected chi connectivity index (χ0v) is 18.7. The summed E-state index contributed by atoms with van der Waals surface area (Å²) in [4.78, 5) is 26.9. The van der Waals surface area contributed by atoms with Gasteiger partial charge in [0.1, 0.15) is 11.8 Å². The van der Waals surface area contributed by atoms with E-state index in [-0.39, 0.29) is 31.0 Å². The van der Waals surface area contributed by atoms with Crippen LogP contribution < -0.4 is 10.1 Å². The summed E-state index contributed by atoms with van der Waals surface area (Å²) in [5.74, 6) is -0.0751. The molecular weight excluding hydrogens is 435 g/mol. The quantitative estimate of drug-likeness (QED) is 0.609. The average molecular weight is 458 g/mol. The minimum absolute atomic E-state index is 0.0443. The molecule has 5 nitrogen and oxygen atoms in total. The first kappa shape index (κ1) is 23.3. The van der Waals surface area contributed by atoms with Gasteiger partial charge in [-0.05, 0) is 62.7 Å². The fourth-order valence-corrected chi connectivity index (χ4v) is 3.03. The van der Waals surface area contributed by atoms with Gasteiger partial charge in [-0.1, -0.05) is 40.9 Å². The number of hydrogen-bond acceptors (Lipinski definition) is 3. The molecule has 0 aliphatic rings. The predicted molar refractivity (Wildman–Crippen MR) is 117 cm³/mol. The molecule has 2 aromatic rings. The van der Waals surface area contributed by atoms with Crippen molar-refractivity contribution in [2.24, 2.45) is 0 Å². The van der Waals surface area contributed by atoms with Crippen molar-refractivity contribution >= 4 is 46.6 Å². The average Bonchev–Trinajstić information content (AvgIpc) is 2.67. The van der Waals surface area contributed by atoms with Gasteiger partial charge in [0.15, 0.2) is 6.61 Å². The molecule has 0 spiro atoms. The molecule has 2 aromatic carbocycles. The molecule has 0 aliphatic heterocycles. The zero-order valence-electron chi connectivity index (χ0n) is 16.4. The molecule has 0 saturated heterocycles. The first-order valence-corrected chi connectivity index (χ1v) is 10.2. The maximum Gasteiger partial charge on any atom is 0.261 e. The molecule has 1 N–H and O–H groups in total. The Hall–Kier alpha value is -1.95. The predicted octanol–water partition coefficient (Wildman–Crippen LogP) is 4.97. The molecule has 2 amide bonds. The second-order valence-corrected chi connectivity index (χ2v) is 8.10. The number of hydrogen-bond donors (Lipinski definition) is 1. The lowest BCUT2D eigenvalue weighted by Gasteiger charge is -2.29. The van der Waals surface area contributed by atoms with Gasteiger partial charge in [-0.3, -0.25) is 9.59 Å². The van der Waals surface area contributed by atoms with E-state index in [1.807, 2.05) is 13.8 Å². The topological polar surface area (TPSA) is 58.6 Å².